The molecule has 3 aromatic rings. The number of nitrogens with zero attached hydrogens (tertiary/aromatic N) is 1. The maximum atomic E-state index is 13.1. The summed E-state index contributed by atoms with van der Waals surface area (Å²) < 4.78 is 0. The topological polar surface area (TPSA) is 71.1 Å². The number of thioether (sulfide) groups is 1. The zero-order valence-electron chi connectivity index (χ0n) is 18.0. The maximum Gasteiger partial charge on any atom is 0.243 e. The number of anilines is 2. The van der Waals surface area contributed by atoms with E-state index in [2.05, 4.69) is 15.6 Å². The van der Waals surface area contributed by atoms with Crippen molar-refractivity contribution >= 4 is 35.1 Å². The van der Waals surface area contributed by atoms with E-state index in [0.29, 0.717) is 12.2 Å². The van der Waals surface area contributed by atoms with Gasteiger partial charge in [-0.1, -0.05) is 63.2 Å². The fraction of sp³-hybridized carbons (Fsp3) is 0.240. The highest BCUT2D eigenvalue weighted by atomic mass is 32.2. The molecule has 2 aromatic carbocycles. The molecular formula is C25H27N3O2S. The summed E-state index contributed by atoms with van der Waals surface area (Å²) in [6, 6.07) is 22.6. The van der Waals surface area contributed by atoms with Crippen LogP contribution in [0.5, 0.6) is 0 Å². The second-order valence-corrected chi connectivity index (χ2v) is 9.60. The summed E-state index contributed by atoms with van der Waals surface area (Å²) in [5, 5.41) is 5.38. The molecule has 1 heterocycles. The van der Waals surface area contributed by atoms with E-state index in [9.17, 15) is 9.59 Å². The van der Waals surface area contributed by atoms with Gasteiger partial charge in [0.05, 0.1) is 0 Å². The Morgan fingerprint density at radius 3 is 2.35 bits per heavy atom. The van der Waals surface area contributed by atoms with E-state index >= 15 is 0 Å². The molecule has 0 spiro atoms. The second-order valence-electron chi connectivity index (χ2n) is 8.43. The van der Waals surface area contributed by atoms with Crippen LogP contribution in [0.4, 0.5) is 11.5 Å². The number of hydrogen-bond acceptors (Lipinski definition) is 4. The summed E-state index contributed by atoms with van der Waals surface area (Å²) in [7, 11) is 0. The highest BCUT2D eigenvalue weighted by molar-refractivity contribution is 8.00. The number of benzene rings is 2. The Balaban J connectivity index is 1.78. The molecule has 0 saturated heterocycles. The summed E-state index contributed by atoms with van der Waals surface area (Å²) in [6.07, 6.45) is 2.08. The Labute approximate surface area is 187 Å². The van der Waals surface area contributed by atoms with Gasteiger partial charge in [0.15, 0.2) is 0 Å². The van der Waals surface area contributed by atoms with Crippen molar-refractivity contribution in [1.82, 2.24) is 4.98 Å². The Morgan fingerprint density at radius 1 is 0.935 bits per heavy atom. The third-order valence-corrected chi connectivity index (χ3v) is 5.57. The quantitative estimate of drug-likeness (QED) is 0.453. The molecule has 0 fully saturated rings. The lowest BCUT2D eigenvalue weighted by Gasteiger charge is -2.18. The highest BCUT2D eigenvalue weighted by Gasteiger charge is 2.23. The van der Waals surface area contributed by atoms with Crippen LogP contribution in [0.3, 0.4) is 0 Å². The van der Waals surface area contributed by atoms with Gasteiger partial charge in [0.1, 0.15) is 11.1 Å². The molecular weight excluding hydrogens is 406 g/mol. The third-order valence-electron chi connectivity index (χ3n) is 4.32. The lowest BCUT2D eigenvalue weighted by Crippen LogP contribution is -2.20. The molecule has 0 bridgehead atoms. The van der Waals surface area contributed by atoms with Crippen molar-refractivity contribution in [3.05, 3.63) is 84.6 Å². The van der Waals surface area contributed by atoms with Crippen LogP contribution in [-0.2, 0) is 9.59 Å². The van der Waals surface area contributed by atoms with Crippen molar-refractivity contribution in [3.63, 3.8) is 0 Å². The monoisotopic (exact) mass is 433 g/mol. The summed E-state index contributed by atoms with van der Waals surface area (Å²) in [5.41, 5.74) is 1.53. The second kappa shape index (κ2) is 10.3. The number of hydrogen-bond donors (Lipinski definition) is 2. The maximum absolute atomic E-state index is 13.1. The van der Waals surface area contributed by atoms with E-state index in [1.807, 2.05) is 81.4 Å². The Bertz CT molecular complexity index is 1020. The molecule has 2 amide bonds. The van der Waals surface area contributed by atoms with Gasteiger partial charge >= 0.3 is 0 Å². The van der Waals surface area contributed by atoms with Crippen LogP contribution in [0.25, 0.3) is 0 Å². The molecule has 1 unspecified atom stereocenters. The van der Waals surface area contributed by atoms with E-state index in [1.54, 1.807) is 18.3 Å². The van der Waals surface area contributed by atoms with Crippen molar-refractivity contribution in [2.24, 2.45) is 5.41 Å². The molecule has 0 saturated carbocycles. The Morgan fingerprint density at radius 2 is 1.68 bits per heavy atom. The smallest absolute Gasteiger partial charge is 0.243 e. The zero-order valence-corrected chi connectivity index (χ0v) is 18.8. The number of nitrogens with one attached hydrogen (secondary N) is 2. The van der Waals surface area contributed by atoms with Crippen molar-refractivity contribution < 1.29 is 9.59 Å². The van der Waals surface area contributed by atoms with E-state index in [4.69, 9.17) is 0 Å². The molecule has 0 aliphatic rings. The number of amides is 2. The van der Waals surface area contributed by atoms with Gasteiger partial charge in [-0.15, -0.1) is 11.8 Å². The summed E-state index contributed by atoms with van der Waals surface area (Å²) in [4.78, 5) is 30.5. The molecule has 2 N–H and O–H groups in total. The van der Waals surface area contributed by atoms with E-state index < -0.39 is 5.25 Å². The largest absolute Gasteiger partial charge is 0.326 e. The van der Waals surface area contributed by atoms with Gasteiger partial charge in [-0.25, -0.2) is 4.98 Å². The minimum absolute atomic E-state index is 0.0258. The van der Waals surface area contributed by atoms with Crippen molar-refractivity contribution in [1.29, 1.82) is 0 Å². The van der Waals surface area contributed by atoms with Crippen LogP contribution in [0.2, 0.25) is 0 Å². The number of carbonyl (C=O) groups is 2. The van der Waals surface area contributed by atoms with Crippen LogP contribution in [0.15, 0.2) is 83.9 Å². The predicted octanol–water partition coefficient (Wildman–Crippen LogP) is 5.93. The molecule has 1 aromatic heterocycles. The van der Waals surface area contributed by atoms with Crippen LogP contribution >= 0.6 is 11.8 Å². The summed E-state index contributed by atoms with van der Waals surface area (Å²) >= 11 is 1.43. The lowest BCUT2D eigenvalue weighted by atomic mass is 9.92. The van der Waals surface area contributed by atoms with E-state index in [-0.39, 0.29) is 17.2 Å². The Hall–Kier alpha value is -3.12. The van der Waals surface area contributed by atoms with Crippen LogP contribution in [-0.4, -0.2) is 16.8 Å². The van der Waals surface area contributed by atoms with Crippen LogP contribution in [0, 0.1) is 5.41 Å². The fourth-order valence-electron chi connectivity index (χ4n) is 3.00. The molecule has 31 heavy (non-hydrogen) atoms. The minimum atomic E-state index is -0.469. The van der Waals surface area contributed by atoms with E-state index in [0.717, 1.165) is 16.1 Å². The molecule has 0 radical (unpaired) electrons. The summed E-state index contributed by atoms with van der Waals surface area (Å²) in [6.45, 7) is 6.09. The predicted molar refractivity (Wildman–Crippen MR) is 127 cm³/mol. The average molecular weight is 434 g/mol. The molecule has 3 rings (SSSR count). The normalized spacial score (nSPS) is 12.1. The fourth-order valence-corrected chi connectivity index (χ4v) is 4.08. The van der Waals surface area contributed by atoms with Gasteiger partial charge in [-0.3, -0.25) is 9.59 Å². The minimum Gasteiger partial charge on any atom is -0.326 e. The summed E-state index contributed by atoms with van der Waals surface area (Å²) in [5.74, 6) is 0.330. The van der Waals surface area contributed by atoms with Gasteiger partial charge in [-0.2, -0.15) is 0 Å². The van der Waals surface area contributed by atoms with Gasteiger partial charge in [-0.05, 0) is 41.3 Å². The van der Waals surface area contributed by atoms with Crippen molar-refractivity contribution in [2.75, 3.05) is 10.6 Å². The standard InChI is InChI=1S/C25H27N3O2S/c1-25(2,3)17-22(29)27-19-12-9-13-20(16-19)31-23(18-10-5-4-6-11-18)24(30)28-21-14-7-8-15-26-21/h4-16,23H,17H2,1-3H3,(H,27,29)(H,26,28,30). The van der Waals surface area contributed by atoms with Crippen LogP contribution in [0.1, 0.15) is 38.0 Å². The average Bonchev–Trinajstić information content (AvgIpc) is 2.72. The third kappa shape index (κ3) is 7.26. The molecule has 0 aliphatic heterocycles. The first-order chi connectivity index (χ1) is 14.8. The van der Waals surface area contributed by atoms with Crippen LogP contribution < -0.4 is 10.6 Å². The molecule has 160 valence electrons. The first-order valence-corrected chi connectivity index (χ1v) is 11.0. The number of aromatic nitrogens is 1. The van der Waals surface area contributed by atoms with Gasteiger partial charge < -0.3 is 10.6 Å². The molecule has 0 aliphatic carbocycles. The molecule has 1 atom stereocenters. The molecule has 6 heteroatoms. The molecule has 5 nitrogen and oxygen atoms in total. The van der Waals surface area contributed by atoms with Gasteiger partial charge in [0.2, 0.25) is 11.8 Å². The van der Waals surface area contributed by atoms with E-state index in [1.165, 1.54) is 11.8 Å². The first-order valence-electron chi connectivity index (χ1n) is 10.1. The van der Waals surface area contributed by atoms with Crippen molar-refractivity contribution in [3.8, 4) is 0 Å². The first kappa shape index (κ1) is 22.6. The lowest BCUT2D eigenvalue weighted by molar-refractivity contribution is -0.118. The SMILES string of the molecule is CC(C)(C)CC(=O)Nc1cccc(SC(C(=O)Nc2ccccn2)c2ccccc2)c1. The highest BCUT2D eigenvalue weighted by Crippen LogP contribution is 2.37. The van der Waals surface area contributed by atoms with Gasteiger partial charge in [0, 0.05) is 23.2 Å². The Kier molecular flexibility index (Phi) is 7.47. The zero-order chi connectivity index (χ0) is 22.3. The van der Waals surface area contributed by atoms with Gasteiger partial charge in [0.25, 0.3) is 0 Å². The van der Waals surface area contributed by atoms with Crippen molar-refractivity contribution in [2.45, 2.75) is 37.3 Å². The number of carbonyl (C=O) groups excluding carboxylic acids is 2. The number of pyridine rings is 1. The number of rotatable bonds is 7.